The van der Waals surface area contributed by atoms with Gasteiger partial charge >= 0.3 is 5.97 Å². The molecule has 2 aromatic rings. The number of rotatable bonds is 5. The van der Waals surface area contributed by atoms with Crippen molar-refractivity contribution in [1.29, 1.82) is 0 Å². The van der Waals surface area contributed by atoms with Gasteiger partial charge in [0.05, 0.1) is 19.3 Å². The second-order valence-corrected chi connectivity index (χ2v) is 6.33. The molecule has 1 aromatic heterocycles. The van der Waals surface area contributed by atoms with Gasteiger partial charge < -0.3 is 24.1 Å². The van der Waals surface area contributed by atoms with E-state index in [0.717, 1.165) is 0 Å². The van der Waals surface area contributed by atoms with Crippen LogP contribution in [-0.4, -0.2) is 53.8 Å². The zero-order chi connectivity index (χ0) is 19.6. The van der Waals surface area contributed by atoms with E-state index in [1.54, 1.807) is 19.1 Å². The van der Waals surface area contributed by atoms with Gasteiger partial charge in [-0.2, -0.15) is 0 Å². The number of ether oxygens (including phenoxy) is 4. The number of carbonyl (C=O) groups is 1. The highest BCUT2D eigenvalue weighted by molar-refractivity contribution is 5.89. The van der Waals surface area contributed by atoms with E-state index in [1.165, 1.54) is 32.4 Å². The van der Waals surface area contributed by atoms with Crippen molar-refractivity contribution in [2.45, 2.75) is 24.7 Å². The molecule has 27 heavy (non-hydrogen) atoms. The van der Waals surface area contributed by atoms with Gasteiger partial charge in [0.15, 0.2) is 11.7 Å². The number of aromatic amines is 1. The summed E-state index contributed by atoms with van der Waals surface area (Å²) < 4.78 is 21.7. The number of aliphatic hydroxyl groups is 1. The lowest BCUT2D eigenvalue weighted by molar-refractivity contribution is -0.138. The highest BCUT2D eigenvalue weighted by Gasteiger charge is 2.48. The van der Waals surface area contributed by atoms with Gasteiger partial charge in [-0.25, -0.2) is 9.89 Å². The quantitative estimate of drug-likeness (QED) is 0.737. The van der Waals surface area contributed by atoms with Crippen LogP contribution in [0.2, 0.25) is 0 Å². The molecule has 9 nitrogen and oxygen atoms in total. The molecule has 1 aliphatic heterocycles. The number of carbonyl (C=O) groups excluding carboxylic acids is 1. The lowest BCUT2D eigenvalue weighted by Gasteiger charge is -2.43. The van der Waals surface area contributed by atoms with Crippen molar-refractivity contribution in [3.63, 3.8) is 0 Å². The average Bonchev–Trinajstić information content (AvgIpc) is 2.66. The van der Waals surface area contributed by atoms with Crippen molar-refractivity contribution >= 4 is 5.97 Å². The molecule has 144 valence electrons. The van der Waals surface area contributed by atoms with E-state index in [0.29, 0.717) is 11.3 Å². The summed E-state index contributed by atoms with van der Waals surface area (Å²) in [5.74, 6) is 0.00935. The normalized spacial score (nSPS) is 23.9. The Hall–Kier alpha value is -2.91. The standard InChI is InChI=1S/C18H20N2O7/c1-18(9-24-2)16(22)15(26-14-7-6-13(21)19-20-14)11-8-10(17(23)25-3)4-5-12(11)27-18/h4-8,15-16,22H,9H2,1-3H3,(H,19,21). The molecule has 1 aliphatic rings. The summed E-state index contributed by atoms with van der Waals surface area (Å²) >= 11 is 0. The largest absolute Gasteiger partial charge is 0.482 e. The molecular weight excluding hydrogens is 356 g/mol. The van der Waals surface area contributed by atoms with Crippen LogP contribution >= 0.6 is 0 Å². The number of esters is 1. The van der Waals surface area contributed by atoms with E-state index in [9.17, 15) is 14.7 Å². The number of nitrogens with one attached hydrogen (secondary N) is 1. The van der Waals surface area contributed by atoms with Gasteiger partial charge in [-0.15, -0.1) is 5.10 Å². The predicted molar refractivity (Wildman–Crippen MR) is 92.9 cm³/mol. The number of fused-ring (bicyclic) bond motifs is 1. The molecule has 3 atom stereocenters. The SMILES string of the molecule is COCC1(C)Oc2ccc(C(=O)OC)cc2C(Oc2ccc(=O)[nH]n2)C1O. The lowest BCUT2D eigenvalue weighted by Crippen LogP contribution is -2.55. The Labute approximate surface area is 154 Å². The smallest absolute Gasteiger partial charge is 0.337 e. The van der Waals surface area contributed by atoms with Crippen molar-refractivity contribution in [2.75, 3.05) is 20.8 Å². The highest BCUT2D eigenvalue weighted by Crippen LogP contribution is 2.42. The van der Waals surface area contributed by atoms with Crippen LogP contribution < -0.4 is 15.0 Å². The first-order valence-corrected chi connectivity index (χ1v) is 8.18. The molecule has 9 heteroatoms. The van der Waals surface area contributed by atoms with Gasteiger partial charge in [0.2, 0.25) is 5.88 Å². The van der Waals surface area contributed by atoms with Gasteiger partial charge in [0, 0.05) is 24.8 Å². The molecule has 0 aliphatic carbocycles. The fourth-order valence-corrected chi connectivity index (χ4v) is 2.97. The van der Waals surface area contributed by atoms with E-state index < -0.39 is 23.8 Å². The average molecular weight is 376 g/mol. The number of methoxy groups -OCH3 is 2. The maximum absolute atomic E-state index is 11.9. The van der Waals surface area contributed by atoms with Crippen LogP contribution in [0.5, 0.6) is 11.6 Å². The maximum Gasteiger partial charge on any atom is 0.337 e. The summed E-state index contributed by atoms with van der Waals surface area (Å²) in [7, 11) is 2.78. The van der Waals surface area contributed by atoms with Crippen molar-refractivity contribution in [3.05, 3.63) is 51.8 Å². The van der Waals surface area contributed by atoms with Crippen molar-refractivity contribution in [1.82, 2.24) is 10.2 Å². The van der Waals surface area contributed by atoms with E-state index >= 15 is 0 Å². The zero-order valence-electron chi connectivity index (χ0n) is 15.1. The van der Waals surface area contributed by atoms with Gasteiger partial charge in [-0.3, -0.25) is 4.79 Å². The summed E-state index contributed by atoms with van der Waals surface area (Å²) in [4.78, 5) is 23.1. The van der Waals surface area contributed by atoms with E-state index in [4.69, 9.17) is 18.9 Å². The van der Waals surface area contributed by atoms with E-state index in [2.05, 4.69) is 10.2 Å². The topological polar surface area (TPSA) is 120 Å². The molecule has 2 heterocycles. The first-order valence-electron chi connectivity index (χ1n) is 8.18. The van der Waals surface area contributed by atoms with Crippen molar-refractivity contribution < 1.29 is 28.8 Å². The highest BCUT2D eigenvalue weighted by atomic mass is 16.6. The van der Waals surface area contributed by atoms with Crippen LogP contribution in [0.15, 0.2) is 35.1 Å². The Morgan fingerprint density at radius 2 is 2.11 bits per heavy atom. The number of H-pyrrole nitrogens is 1. The maximum atomic E-state index is 11.9. The third-order valence-electron chi connectivity index (χ3n) is 4.33. The zero-order valence-corrected chi connectivity index (χ0v) is 15.1. The van der Waals surface area contributed by atoms with Crippen LogP contribution in [0.1, 0.15) is 28.9 Å². The molecule has 2 N–H and O–H groups in total. The minimum atomic E-state index is -1.15. The monoisotopic (exact) mass is 376 g/mol. The first kappa shape index (κ1) is 18.9. The predicted octanol–water partition coefficient (Wildman–Crippen LogP) is 0.835. The molecule has 0 amide bonds. The summed E-state index contributed by atoms with van der Waals surface area (Å²) in [6, 6.07) is 7.35. The summed E-state index contributed by atoms with van der Waals surface area (Å²) in [6.07, 6.45) is -2.07. The molecule has 0 bridgehead atoms. The first-order chi connectivity index (χ1) is 12.9. The second kappa shape index (κ2) is 7.37. The summed E-state index contributed by atoms with van der Waals surface area (Å²) in [5, 5.41) is 17.0. The summed E-state index contributed by atoms with van der Waals surface area (Å²) in [5.41, 5.74) is -0.744. The Bertz CT molecular complexity index is 877. The third kappa shape index (κ3) is 3.64. The Morgan fingerprint density at radius 1 is 1.33 bits per heavy atom. The van der Waals surface area contributed by atoms with Crippen LogP contribution in [-0.2, 0) is 9.47 Å². The number of aromatic nitrogens is 2. The van der Waals surface area contributed by atoms with Gasteiger partial charge in [-0.1, -0.05) is 0 Å². The molecule has 1 aromatic carbocycles. The van der Waals surface area contributed by atoms with E-state index in [-0.39, 0.29) is 23.6 Å². The lowest BCUT2D eigenvalue weighted by atomic mass is 9.86. The van der Waals surface area contributed by atoms with Crippen molar-refractivity contribution in [2.24, 2.45) is 0 Å². The van der Waals surface area contributed by atoms with Gasteiger partial charge in [0.25, 0.3) is 5.56 Å². The van der Waals surface area contributed by atoms with Crippen molar-refractivity contribution in [3.8, 4) is 11.6 Å². The molecule has 3 unspecified atom stereocenters. The fraction of sp³-hybridized carbons (Fsp3) is 0.389. The van der Waals surface area contributed by atoms with E-state index in [1.807, 2.05) is 0 Å². The molecule has 0 radical (unpaired) electrons. The molecule has 3 rings (SSSR count). The van der Waals surface area contributed by atoms with Crippen LogP contribution in [0.3, 0.4) is 0 Å². The number of aliphatic hydroxyl groups excluding tert-OH is 1. The van der Waals surface area contributed by atoms with Crippen LogP contribution in [0.4, 0.5) is 0 Å². The minimum Gasteiger partial charge on any atom is -0.482 e. The van der Waals surface area contributed by atoms with Gasteiger partial charge in [0.1, 0.15) is 11.9 Å². The minimum absolute atomic E-state index is 0.102. The number of benzene rings is 1. The number of hydrogen-bond acceptors (Lipinski definition) is 8. The fourth-order valence-electron chi connectivity index (χ4n) is 2.97. The molecule has 0 spiro atoms. The second-order valence-electron chi connectivity index (χ2n) is 6.33. The third-order valence-corrected chi connectivity index (χ3v) is 4.33. The number of nitrogens with zero attached hydrogens (tertiary/aromatic N) is 1. The Kier molecular flexibility index (Phi) is 5.15. The Balaban J connectivity index is 2.05. The Morgan fingerprint density at radius 3 is 2.74 bits per heavy atom. The molecular formula is C18H20N2O7. The number of hydrogen-bond donors (Lipinski definition) is 2. The molecule has 0 fully saturated rings. The van der Waals surface area contributed by atoms with Crippen LogP contribution in [0, 0.1) is 0 Å². The molecule has 0 saturated heterocycles. The molecule has 0 saturated carbocycles. The van der Waals surface area contributed by atoms with Crippen LogP contribution in [0.25, 0.3) is 0 Å². The van der Waals surface area contributed by atoms with Gasteiger partial charge in [-0.05, 0) is 25.1 Å². The summed E-state index contributed by atoms with van der Waals surface area (Å²) in [6.45, 7) is 1.79.